The van der Waals surface area contributed by atoms with E-state index in [1.165, 1.54) is 17.0 Å². The number of hydrogen-bond donors (Lipinski definition) is 0. The zero-order valence-corrected chi connectivity index (χ0v) is 16.4. The van der Waals surface area contributed by atoms with E-state index in [2.05, 4.69) is 5.10 Å². The van der Waals surface area contributed by atoms with E-state index < -0.39 is 11.7 Å². The zero-order chi connectivity index (χ0) is 21.5. The normalized spacial score (nSPS) is 11.6. The van der Waals surface area contributed by atoms with Crippen molar-refractivity contribution in [2.24, 2.45) is 0 Å². The Morgan fingerprint density at radius 2 is 1.70 bits per heavy atom. The molecule has 0 saturated carbocycles. The van der Waals surface area contributed by atoms with Crippen LogP contribution in [0.25, 0.3) is 16.6 Å². The van der Waals surface area contributed by atoms with Crippen LogP contribution in [-0.2, 0) is 6.18 Å². The molecule has 0 unspecified atom stereocenters. The van der Waals surface area contributed by atoms with Gasteiger partial charge in [-0.25, -0.2) is 4.52 Å². The van der Waals surface area contributed by atoms with Crippen molar-refractivity contribution in [3.05, 3.63) is 89.2 Å². The van der Waals surface area contributed by atoms with Crippen molar-refractivity contribution in [1.82, 2.24) is 9.61 Å². The van der Waals surface area contributed by atoms with Crippen LogP contribution in [0.15, 0.2) is 73.1 Å². The Bertz CT molecular complexity index is 1220. The van der Waals surface area contributed by atoms with Gasteiger partial charge in [-0.3, -0.25) is 4.79 Å². The van der Waals surface area contributed by atoms with E-state index >= 15 is 0 Å². The fraction of sp³-hybridized carbons (Fsp3) is 0.0909. The summed E-state index contributed by atoms with van der Waals surface area (Å²) in [6, 6.07) is 15.0. The second-order valence-electron chi connectivity index (χ2n) is 6.72. The van der Waals surface area contributed by atoms with Crippen LogP contribution in [0.4, 0.5) is 18.9 Å². The molecule has 8 heteroatoms. The van der Waals surface area contributed by atoms with E-state index in [1.54, 1.807) is 60.4 Å². The van der Waals surface area contributed by atoms with Gasteiger partial charge in [-0.05, 0) is 54.1 Å². The Labute approximate surface area is 175 Å². The number of halogens is 4. The molecule has 0 aliphatic rings. The number of rotatable bonds is 3. The molecule has 0 fully saturated rings. The SMILES string of the molecule is CN(C(=O)c1ccc(Cl)cc1)c1ccn2ncc(-c3ccc(C(F)(F)F)cc3)c2c1. The maximum atomic E-state index is 12.8. The summed E-state index contributed by atoms with van der Waals surface area (Å²) in [7, 11) is 1.65. The molecule has 0 aliphatic carbocycles. The van der Waals surface area contributed by atoms with Crippen molar-refractivity contribution in [3.63, 3.8) is 0 Å². The number of amides is 1. The van der Waals surface area contributed by atoms with Crippen molar-refractivity contribution in [3.8, 4) is 11.1 Å². The molecule has 0 radical (unpaired) electrons. The van der Waals surface area contributed by atoms with Gasteiger partial charge in [-0.2, -0.15) is 18.3 Å². The maximum absolute atomic E-state index is 12.8. The van der Waals surface area contributed by atoms with Crippen molar-refractivity contribution in [2.75, 3.05) is 11.9 Å². The molecule has 0 spiro atoms. The van der Waals surface area contributed by atoms with Crippen molar-refractivity contribution in [1.29, 1.82) is 0 Å². The van der Waals surface area contributed by atoms with Gasteiger partial charge in [0.25, 0.3) is 5.91 Å². The average molecular weight is 430 g/mol. The molecule has 2 aromatic heterocycles. The number of alkyl halides is 3. The zero-order valence-electron chi connectivity index (χ0n) is 15.7. The van der Waals surface area contributed by atoms with Crippen LogP contribution in [0.1, 0.15) is 15.9 Å². The van der Waals surface area contributed by atoms with Gasteiger partial charge in [0.05, 0.1) is 17.3 Å². The van der Waals surface area contributed by atoms with Gasteiger partial charge >= 0.3 is 6.18 Å². The lowest BCUT2D eigenvalue weighted by Gasteiger charge is -2.18. The molecule has 2 heterocycles. The molecule has 2 aromatic carbocycles. The first kappa shape index (κ1) is 20.0. The summed E-state index contributed by atoms with van der Waals surface area (Å²) < 4.78 is 40.1. The van der Waals surface area contributed by atoms with Crippen molar-refractivity contribution < 1.29 is 18.0 Å². The van der Waals surface area contributed by atoms with Crippen molar-refractivity contribution >= 4 is 28.7 Å². The fourth-order valence-corrected chi connectivity index (χ4v) is 3.27. The Morgan fingerprint density at radius 1 is 1.03 bits per heavy atom. The summed E-state index contributed by atoms with van der Waals surface area (Å²) in [5.41, 5.74) is 2.33. The number of nitrogens with zero attached hydrogens (tertiary/aromatic N) is 3. The summed E-state index contributed by atoms with van der Waals surface area (Å²) in [6.07, 6.45) is -1.11. The van der Waals surface area contributed by atoms with Gasteiger partial charge < -0.3 is 4.90 Å². The quantitative estimate of drug-likeness (QED) is 0.403. The molecular weight excluding hydrogens is 415 g/mol. The summed E-state index contributed by atoms with van der Waals surface area (Å²) >= 11 is 5.88. The van der Waals surface area contributed by atoms with Crippen LogP contribution in [0.2, 0.25) is 5.02 Å². The first-order valence-corrected chi connectivity index (χ1v) is 9.30. The molecule has 0 atom stereocenters. The highest BCUT2D eigenvalue weighted by Gasteiger charge is 2.30. The van der Waals surface area contributed by atoms with Gasteiger partial charge in [0.2, 0.25) is 0 Å². The summed E-state index contributed by atoms with van der Waals surface area (Å²) in [4.78, 5) is 14.3. The van der Waals surface area contributed by atoms with Gasteiger partial charge in [0.1, 0.15) is 0 Å². The van der Waals surface area contributed by atoms with Gasteiger partial charge in [-0.15, -0.1) is 0 Å². The average Bonchev–Trinajstić information content (AvgIpc) is 3.16. The second-order valence-corrected chi connectivity index (χ2v) is 7.16. The smallest absolute Gasteiger partial charge is 0.311 e. The van der Waals surface area contributed by atoms with Crippen LogP contribution < -0.4 is 4.90 Å². The van der Waals surface area contributed by atoms with Gasteiger partial charge in [-0.1, -0.05) is 23.7 Å². The number of benzene rings is 2. The summed E-state index contributed by atoms with van der Waals surface area (Å²) in [5.74, 6) is -0.216. The topological polar surface area (TPSA) is 37.6 Å². The third-order valence-corrected chi connectivity index (χ3v) is 5.06. The fourth-order valence-electron chi connectivity index (χ4n) is 3.14. The van der Waals surface area contributed by atoms with E-state index in [0.29, 0.717) is 32.9 Å². The predicted octanol–water partition coefficient (Wildman–Crippen LogP) is 5.95. The van der Waals surface area contributed by atoms with Gasteiger partial charge in [0, 0.05) is 35.1 Å². The predicted molar refractivity (Wildman–Crippen MR) is 110 cm³/mol. The van der Waals surface area contributed by atoms with E-state index in [0.717, 1.165) is 12.1 Å². The Balaban J connectivity index is 1.69. The molecule has 1 amide bonds. The number of aromatic nitrogens is 2. The second kappa shape index (κ2) is 7.50. The Hall–Kier alpha value is -3.32. The maximum Gasteiger partial charge on any atom is 0.416 e. The Kier molecular flexibility index (Phi) is 4.99. The van der Waals surface area contributed by atoms with Crippen LogP contribution >= 0.6 is 11.6 Å². The standard InChI is InChI=1S/C22H15ClF3N3O/c1-28(21(30)15-4-8-17(23)9-5-15)18-10-11-29-20(12-18)19(13-27-29)14-2-6-16(7-3-14)22(24,25)26/h2-13H,1H3. The molecule has 0 N–H and O–H groups in total. The van der Waals surface area contributed by atoms with Crippen LogP contribution in [0.5, 0.6) is 0 Å². The summed E-state index contributed by atoms with van der Waals surface area (Å²) in [6.45, 7) is 0. The number of pyridine rings is 1. The lowest BCUT2D eigenvalue weighted by molar-refractivity contribution is -0.137. The molecule has 4 aromatic rings. The number of fused-ring (bicyclic) bond motifs is 1. The molecule has 152 valence electrons. The minimum atomic E-state index is -4.39. The highest BCUT2D eigenvalue weighted by molar-refractivity contribution is 6.30. The first-order valence-electron chi connectivity index (χ1n) is 8.93. The monoisotopic (exact) mass is 429 g/mol. The third kappa shape index (κ3) is 3.76. The summed E-state index contributed by atoms with van der Waals surface area (Å²) in [5, 5.41) is 4.79. The van der Waals surface area contributed by atoms with Crippen LogP contribution in [0.3, 0.4) is 0 Å². The highest BCUT2D eigenvalue weighted by atomic mass is 35.5. The molecule has 0 saturated heterocycles. The van der Waals surface area contributed by atoms with E-state index in [4.69, 9.17) is 11.6 Å². The molecular formula is C22H15ClF3N3O. The molecule has 0 aliphatic heterocycles. The number of carbonyl (C=O) groups excluding carboxylic acids is 1. The number of carbonyl (C=O) groups is 1. The van der Waals surface area contributed by atoms with E-state index in [9.17, 15) is 18.0 Å². The molecule has 30 heavy (non-hydrogen) atoms. The number of anilines is 1. The number of hydrogen-bond acceptors (Lipinski definition) is 2. The van der Waals surface area contributed by atoms with E-state index in [1.807, 2.05) is 0 Å². The molecule has 4 rings (SSSR count). The lowest BCUT2D eigenvalue weighted by Crippen LogP contribution is -2.26. The lowest BCUT2D eigenvalue weighted by atomic mass is 10.0. The van der Waals surface area contributed by atoms with Gasteiger partial charge in [0.15, 0.2) is 0 Å². The minimum Gasteiger partial charge on any atom is -0.311 e. The highest BCUT2D eigenvalue weighted by Crippen LogP contribution is 2.32. The van der Waals surface area contributed by atoms with Crippen LogP contribution in [0, 0.1) is 0 Å². The third-order valence-electron chi connectivity index (χ3n) is 4.81. The Morgan fingerprint density at radius 3 is 2.33 bits per heavy atom. The molecule has 0 bridgehead atoms. The molecule has 4 nitrogen and oxygen atoms in total. The first-order chi connectivity index (χ1) is 14.2. The minimum absolute atomic E-state index is 0.216. The van der Waals surface area contributed by atoms with Crippen LogP contribution in [-0.4, -0.2) is 22.6 Å². The van der Waals surface area contributed by atoms with Crippen molar-refractivity contribution in [2.45, 2.75) is 6.18 Å². The largest absolute Gasteiger partial charge is 0.416 e. The van der Waals surface area contributed by atoms with E-state index in [-0.39, 0.29) is 5.91 Å².